The van der Waals surface area contributed by atoms with Gasteiger partial charge in [-0.15, -0.1) is 5.10 Å². The molecule has 0 aliphatic rings. The molecule has 11 heteroatoms. The van der Waals surface area contributed by atoms with Crippen molar-refractivity contribution in [2.75, 3.05) is 6.54 Å². The molecule has 0 atom stereocenters. The first-order valence-electron chi connectivity index (χ1n) is 5.61. The monoisotopic (exact) mass is 300 g/mol. The number of H-pyrrole nitrogens is 1. The lowest BCUT2D eigenvalue weighted by molar-refractivity contribution is 0.0692. The lowest BCUT2D eigenvalue weighted by Gasteiger charge is -2.05. The molecule has 0 amide bonds. The maximum absolute atomic E-state index is 11.9. The maximum Gasteiger partial charge on any atom is 0.340 e. The highest BCUT2D eigenvalue weighted by molar-refractivity contribution is 7.89. The van der Waals surface area contributed by atoms with E-state index in [4.69, 9.17) is 5.11 Å². The number of aromatic nitrogens is 5. The van der Waals surface area contributed by atoms with E-state index in [1.54, 1.807) is 10.9 Å². The van der Waals surface area contributed by atoms with Gasteiger partial charge in [0, 0.05) is 19.3 Å². The number of sulfonamides is 1. The normalized spacial score (nSPS) is 11.6. The average molecular weight is 300 g/mol. The van der Waals surface area contributed by atoms with Gasteiger partial charge in [0.15, 0.2) is 5.03 Å². The molecular formula is C9H12N6O4S. The van der Waals surface area contributed by atoms with Gasteiger partial charge in [-0.3, -0.25) is 9.78 Å². The molecule has 2 rings (SSSR count). The van der Waals surface area contributed by atoms with E-state index in [9.17, 15) is 13.2 Å². The molecule has 0 spiro atoms. The summed E-state index contributed by atoms with van der Waals surface area (Å²) in [7, 11) is -3.93. The van der Waals surface area contributed by atoms with Gasteiger partial charge in [0.25, 0.3) is 10.0 Å². The van der Waals surface area contributed by atoms with Gasteiger partial charge in [0.2, 0.25) is 0 Å². The van der Waals surface area contributed by atoms with Gasteiger partial charge in [-0.05, 0) is 6.42 Å². The molecular weight excluding hydrogens is 288 g/mol. The molecule has 3 N–H and O–H groups in total. The smallest absolute Gasteiger partial charge is 0.340 e. The molecule has 0 saturated carbocycles. The zero-order chi connectivity index (χ0) is 14.6. The summed E-state index contributed by atoms with van der Waals surface area (Å²) in [6, 6.07) is 0. The molecule has 0 unspecified atom stereocenters. The Morgan fingerprint density at radius 2 is 2.30 bits per heavy atom. The Labute approximate surface area is 113 Å². The molecule has 0 aliphatic heterocycles. The molecule has 2 heterocycles. The molecule has 108 valence electrons. The number of hydrogen-bond donors (Lipinski definition) is 3. The Kier molecular flexibility index (Phi) is 4.10. The van der Waals surface area contributed by atoms with Crippen molar-refractivity contribution < 1.29 is 18.3 Å². The minimum atomic E-state index is -3.93. The number of hydrogen-bond acceptors (Lipinski definition) is 6. The van der Waals surface area contributed by atoms with Gasteiger partial charge in [-0.2, -0.15) is 5.10 Å². The van der Waals surface area contributed by atoms with Crippen molar-refractivity contribution in [2.24, 2.45) is 0 Å². The van der Waals surface area contributed by atoms with Crippen LogP contribution >= 0.6 is 0 Å². The number of aromatic carboxylic acids is 1. The first kappa shape index (κ1) is 14.1. The number of carbonyl (C=O) groups is 1. The van der Waals surface area contributed by atoms with Crippen molar-refractivity contribution in [3.05, 3.63) is 24.2 Å². The van der Waals surface area contributed by atoms with E-state index in [1.807, 2.05) is 0 Å². The summed E-state index contributed by atoms with van der Waals surface area (Å²) in [6.07, 6.45) is 4.62. The van der Waals surface area contributed by atoms with Crippen molar-refractivity contribution >= 4 is 16.0 Å². The van der Waals surface area contributed by atoms with E-state index >= 15 is 0 Å². The van der Waals surface area contributed by atoms with Gasteiger partial charge in [-0.1, -0.05) is 5.21 Å². The third kappa shape index (κ3) is 3.19. The summed E-state index contributed by atoms with van der Waals surface area (Å²) in [6.45, 7) is 0.636. The number of nitrogens with one attached hydrogen (secondary N) is 2. The summed E-state index contributed by atoms with van der Waals surface area (Å²) in [5.74, 6) is -1.36. The number of aromatic amines is 1. The van der Waals surface area contributed by atoms with Crippen LogP contribution in [-0.2, 0) is 16.6 Å². The van der Waals surface area contributed by atoms with Crippen LogP contribution in [0.4, 0.5) is 0 Å². The van der Waals surface area contributed by atoms with Crippen LogP contribution in [0, 0.1) is 0 Å². The Morgan fingerprint density at radius 3 is 2.95 bits per heavy atom. The maximum atomic E-state index is 11.9. The topological polar surface area (TPSA) is 143 Å². The summed E-state index contributed by atoms with van der Waals surface area (Å²) in [5, 5.41) is 21.3. The fraction of sp³-hybridized carbons (Fsp3) is 0.333. The quantitative estimate of drug-likeness (QED) is 0.560. The molecule has 0 fully saturated rings. The largest absolute Gasteiger partial charge is 0.478 e. The first-order valence-corrected chi connectivity index (χ1v) is 7.09. The molecule has 0 aromatic carbocycles. The van der Waals surface area contributed by atoms with Gasteiger partial charge in [0.05, 0.1) is 12.4 Å². The minimum absolute atomic E-state index is 0.139. The summed E-state index contributed by atoms with van der Waals surface area (Å²) in [4.78, 5) is 10.8. The number of aryl methyl sites for hydroxylation is 1. The molecule has 10 nitrogen and oxygen atoms in total. The number of nitrogens with zero attached hydrogens (tertiary/aromatic N) is 4. The predicted molar refractivity (Wildman–Crippen MR) is 65.4 cm³/mol. The number of rotatable bonds is 7. The molecule has 0 aliphatic carbocycles. The van der Waals surface area contributed by atoms with Crippen molar-refractivity contribution in [3.8, 4) is 0 Å². The Bertz CT molecular complexity index is 677. The molecule has 0 radical (unpaired) electrons. The second-order valence-corrected chi connectivity index (χ2v) is 5.54. The molecule has 0 saturated heterocycles. The van der Waals surface area contributed by atoms with Crippen molar-refractivity contribution in [2.45, 2.75) is 18.0 Å². The second kappa shape index (κ2) is 5.79. The van der Waals surface area contributed by atoms with E-state index in [-0.39, 0.29) is 6.54 Å². The average Bonchev–Trinajstić information content (AvgIpc) is 3.05. The van der Waals surface area contributed by atoms with Crippen LogP contribution in [0.5, 0.6) is 0 Å². The molecule has 2 aromatic rings. The summed E-state index contributed by atoms with van der Waals surface area (Å²) < 4.78 is 27.7. The van der Waals surface area contributed by atoms with E-state index in [0.29, 0.717) is 13.0 Å². The first-order chi connectivity index (χ1) is 9.50. The number of carboxylic acids is 1. The Balaban J connectivity index is 1.94. The third-order valence-corrected chi connectivity index (χ3v) is 3.86. The van der Waals surface area contributed by atoms with Gasteiger partial charge in [-0.25, -0.2) is 17.9 Å². The summed E-state index contributed by atoms with van der Waals surface area (Å²) >= 11 is 0. The Hall–Kier alpha value is -2.27. The van der Waals surface area contributed by atoms with Crippen molar-refractivity contribution in [3.63, 3.8) is 0 Å². The van der Waals surface area contributed by atoms with E-state index in [2.05, 4.69) is 25.2 Å². The van der Waals surface area contributed by atoms with Gasteiger partial charge >= 0.3 is 5.97 Å². The van der Waals surface area contributed by atoms with Crippen LogP contribution in [-0.4, -0.2) is 51.2 Å². The zero-order valence-electron chi connectivity index (χ0n) is 10.2. The van der Waals surface area contributed by atoms with Crippen LogP contribution in [0.3, 0.4) is 0 Å². The second-order valence-electron chi connectivity index (χ2n) is 3.84. The fourth-order valence-electron chi connectivity index (χ4n) is 1.50. The molecule has 0 bridgehead atoms. The number of carboxylic acid groups (broad SMARTS) is 1. The highest BCUT2D eigenvalue weighted by Gasteiger charge is 2.24. The van der Waals surface area contributed by atoms with E-state index in [0.717, 1.165) is 6.20 Å². The van der Waals surface area contributed by atoms with Crippen LogP contribution in [0.25, 0.3) is 0 Å². The van der Waals surface area contributed by atoms with E-state index < -0.39 is 26.6 Å². The lowest BCUT2D eigenvalue weighted by atomic mass is 10.4. The molecule has 2 aromatic heterocycles. The minimum Gasteiger partial charge on any atom is -0.478 e. The van der Waals surface area contributed by atoms with Crippen LogP contribution in [0.1, 0.15) is 16.8 Å². The van der Waals surface area contributed by atoms with Crippen LogP contribution < -0.4 is 4.72 Å². The van der Waals surface area contributed by atoms with E-state index in [1.165, 1.54) is 6.20 Å². The van der Waals surface area contributed by atoms with Crippen molar-refractivity contribution in [1.29, 1.82) is 0 Å². The highest BCUT2D eigenvalue weighted by Crippen LogP contribution is 2.11. The third-order valence-electron chi connectivity index (χ3n) is 2.43. The predicted octanol–water partition coefficient (Wildman–Crippen LogP) is -0.932. The van der Waals surface area contributed by atoms with Crippen LogP contribution in [0.2, 0.25) is 0 Å². The Morgan fingerprint density at radius 1 is 1.50 bits per heavy atom. The zero-order valence-corrected chi connectivity index (χ0v) is 11.0. The van der Waals surface area contributed by atoms with Gasteiger partial charge < -0.3 is 5.11 Å². The lowest BCUT2D eigenvalue weighted by Crippen LogP contribution is -2.27. The van der Waals surface area contributed by atoms with Gasteiger partial charge in [0.1, 0.15) is 5.56 Å². The van der Waals surface area contributed by atoms with Crippen LogP contribution in [0.15, 0.2) is 23.6 Å². The van der Waals surface area contributed by atoms with Crippen molar-refractivity contribution in [1.82, 2.24) is 29.9 Å². The SMILES string of the molecule is O=C(O)c1cn[nH]c1S(=O)(=O)NCCCn1ccnn1. The molecule has 20 heavy (non-hydrogen) atoms. The fourth-order valence-corrected chi connectivity index (χ4v) is 2.66. The highest BCUT2D eigenvalue weighted by atomic mass is 32.2. The summed E-state index contributed by atoms with van der Waals surface area (Å²) in [5.41, 5.74) is -0.395. The standard InChI is InChI=1S/C9H12N6O4S/c16-9(17)7-6-11-13-8(7)20(18,19)12-2-1-4-15-5-3-10-14-15/h3,5-6,12H,1-2,4H2,(H,11,13)(H,16,17).